The van der Waals surface area contributed by atoms with Gasteiger partial charge in [-0.15, -0.1) is 0 Å². The van der Waals surface area contributed by atoms with Crippen LogP contribution in [0, 0.1) is 0 Å². The molecule has 0 bridgehead atoms. The van der Waals surface area contributed by atoms with E-state index in [1.165, 1.54) is 11.1 Å². The van der Waals surface area contributed by atoms with Crippen LogP contribution < -0.4 is 10.6 Å². The first-order valence-electron chi connectivity index (χ1n) is 7.76. The average Bonchev–Trinajstić information content (AvgIpc) is 2.74. The SMILES string of the molecule is CCCC(=O)N1c2ccc(CC(N)CC)cc2CC1C. The fourth-order valence-corrected chi connectivity index (χ4v) is 2.97. The molecule has 1 amide bonds. The quantitative estimate of drug-likeness (QED) is 0.897. The van der Waals surface area contributed by atoms with Gasteiger partial charge in [0.15, 0.2) is 0 Å². The Morgan fingerprint density at radius 2 is 2.20 bits per heavy atom. The van der Waals surface area contributed by atoms with Gasteiger partial charge < -0.3 is 10.6 Å². The van der Waals surface area contributed by atoms with Gasteiger partial charge in [-0.2, -0.15) is 0 Å². The highest BCUT2D eigenvalue weighted by Crippen LogP contribution is 2.33. The number of fused-ring (bicyclic) bond motifs is 1. The smallest absolute Gasteiger partial charge is 0.227 e. The molecule has 0 saturated heterocycles. The van der Waals surface area contributed by atoms with Gasteiger partial charge in [0.05, 0.1) is 0 Å². The number of carbonyl (C=O) groups is 1. The highest BCUT2D eigenvalue weighted by atomic mass is 16.2. The van der Waals surface area contributed by atoms with Crippen molar-refractivity contribution >= 4 is 11.6 Å². The molecule has 0 radical (unpaired) electrons. The van der Waals surface area contributed by atoms with Crippen LogP contribution in [0.2, 0.25) is 0 Å². The normalized spacial score (nSPS) is 19.0. The van der Waals surface area contributed by atoms with Crippen LogP contribution in [0.1, 0.15) is 51.2 Å². The number of nitrogens with two attached hydrogens (primary N) is 1. The van der Waals surface area contributed by atoms with E-state index in [0.29, 0.717) is 6.42 Å². The summed E-state index contributed by atoms with van der Waals surface area (Å²) in [5.41, 5.74) is 9.71. The zero-order valence-corrected chi connectivity index (χ0v) is 12.9. The number of benzene rings is 1. The first kappa shape index (κ1) is 15.0. The zero-order chi connectivity index (χ0) is 14.7. The summed E-state index contributed by atoms with van der Waals surface area (Å²) in [6.07, 6.45) is 4.41. The largest absolute Gasteiger partial charge is 0.327 e. The van der Waals surface area contributed by atoms with Crippen molar-refractivity contribution in [1.82, 2.24) is 0 Å². The molecule has 3 heteroatoms. The molecule has 1 aromatic rings. The molecule has 0 aliphatic carbocycles. The first-order chi connectivity index (χ1) is 9.56. The fraction of sp³-hybridized carbons (Fsp3) is 0.588. The first-order valence-corrected chi connectivity index (χ1v) is 7.76. The molecule has 0 saturated carbocycles. The van der Waals surface area contributed by atoms with E-state index in [2.05, 4.69) is 39.0 Å². The van der Waals surface area contributed by atoms with Crippen LogP contribution in [0.5, 0.6) is 0 Å². The second-order valence-electron chi connectivity index (χ2n) is 5.90. The maximum Gasteiger partial charge on any atom is 0.227 e. The summed E-state index contributed by atoms with van der Waals surface area (Å²) < 4.78 is 0. The van der Waals surface area contributed by atoms with E-state index in [9.17, 15) is 4.79 Å². The molecule has 2 atom stereocenters. The molecular formula is C17H26N2O. The van der Waals surface area contributed by atoms with Crippen LogP contribution in [0.15, 0.2) is 18.2 Å². The van der Waals surface area contributed by atoms with Crippen LogP contribution in [0.3, 0.4) is 0 Å². The van der Waals surface area contributed by atoms with Gasteiger partial charge in [-0.1, -0.05) is 26.0 Å². The van der Waals surface area contributed by atoms with Gasteiger partial charge in [-0.05, 0) is 49.8 Å². The lowest BCUT2D eigenvalue weighted by molar-refractivity contribution is -0.118. The van der Waals surface area contributed by atoms with Crippen LogP contribution in [-0.4, -0.2) is 18.0 Å². The molecule has 1 aliphatic heterocycles. The number of anilines is 1. The van der Waals surface area contributed by atoms with Crippen molar-refractivity contribution in [3.63, 3.8) is 0 Å². The number of hydrogen-bond acceptors (Lipinski definition) is 2. The summed E-state index contributed by atoms with van der Waals surface area (Å²) in [6, 6.07) is 6.97. The predicted octanol–water partition coefficient (Wildman–Crippen LogP) is 3.04. The molecule has 2 rings (SSSR count). The van der Waals surface area contributed by atoms with Crippen molar-refractivity contribution in [2.75, 3.05) is 4.90 Å². The summed E-state index contributed by atoms with van der Waals surface area (Å²) in [6.45, 7) is 6.30. The molecular weight excluding hydrogens is 248 g/mol. The monoisotopic (exact) mass is 274 g/mol. The van der Waals surface area contributed by atoms with Gasteiger partial charge in [0.2, 0.25) is 5.91 Å². The second-order valence-corrected chi connectivity index (χ2v) is 5.90. The van der Waals surface area contributed by atoms with Gasteiger partial charge in [-0.25, -0.2) is 0 Å². The lowest BCUT2D eigenvalue weighted by Gasteiger charge is -2.22. The van der Waals surface area contributed by atoms with Crippen molar-refractivity contribution < 1.29 is 4.79 Å². The Bertz CT molecular complexity index is 484. The Hall–Kier alpha value is -1.35. The maximum absolute atomic E-state index is 12.2. The minimum Gasteiger partial charge on any atom is -0.327 e. The Balaban J connectivity index is 2.21. The summed E-state index contributed by atoms with van der Waals surface area (Å²) in [5, 5.41) is 0. The van der Waals surface area contributed by atoms with Gasteiger partial charge >= 0.3 is 0 Å². The summed E-state index contributed by atoms with van der Waals surface area (Å²) >= 11 is 0. The van der Waals surface area contributed by atoms with Gasteiger partial charge in [0.25, 0.3) is 0 Å². The summed E-state index contributed by atoms with van der Waals surface area (Å²) in [4.78, 5) is 14.2. The van der Waals surface area contributed by atoms with Gasteiger partial charge in [0, 0.05) is 24.2 Å². The number of hydrogen-bond donors (Lipinski definition) is 1. The van der Waals surface area contributed by atoms with E-state index in [4.69, 9.17) is 5.73 Å². The molecule has 1 aliphatic rings. The third kappa shape index (κ3) is 3.04. The van der Waals surface area contributed by atoms with E-state index in [-0.39, 0.29) is 18.0 Å². The molecule has 2 unspecified atom stereocenters. The molecule has 2 N–H and O–H groups in total. The Kier molecular flexibility index (Phi) is 4.81. The average molecular weight is 274 g/mol. The Morgan fingerprint density at radius 1 is 1.45 bits per heavy atom. The second kappa shape index (κ2) is 6.40. The topological polar surface area (TPSA) is 46.3 Å². The highest BCUT2D eigenvalue weighted by molar-refractivity contribution is 5.96. The minimum atomic E-state index is 0.227. The zero-order valence-electron chi connectivity index (χ0n) is 12.9. The molecule has 0 aromatic heterocycles. The molecule has 20 heavy (non-hydrogen) atoms. The molecule has 3 nitrogen and oxygen atoms in total. The molecule has 1 aromatic carbocycles. The molecule has 1 heterocycles. The lowest BCUT2D eigenvalue weighted by Crippen LogP contribution is -2.35. The number of amides is 1. The standard InChI is InChI=1S/C17H26N2O/c1-4-6-17(20)19-12(3)9-14-10-13(7-8-16(14)19)11-15(18)5-2/h7-8,10,12,15H,4-6,9,11,18H2,1-3H3. The van der Waals surface area contributed by atoms with Gasteiger partial charge in [0.1, 0.15) is 0 Å². The van der Waals surface area contributed by atoms with Crippen LogP contribution >= 0.6 is 0 Å². The summed E-state index contributed by atoms with van der Waals surface area (Å²) in [7, 11) is 0. The lowest BCUT2D eigenvalue weighted by atomic mass is 10.0. The van der Waals surface area contributed by atoms with Crippen molar-refractivity contribution in [3.8, 4) is 0 Å². The highest BCUT2D eigenvalue weighted by Gasteiger charge is 2.30. The van der Waals surface area contributed by atoms with Gasteiger partial charge in [-0.3, -0.25) is 4.79 Å². The number of carbonyl (C=O) groups excluding carboxylic acids is 1. The van der Waals surface area contributed by atoms with E-state index in [1.54, 1.807) is 0 Å². The van der Waals surface area contributed by atoms with E-state index in [1.807, 2.05) is 4.90 Å². The van der Waals surface area contributed by atoms with Crippen molar-refractivity contribution in [1.29, 1.82) is 0 Å². The predicted molar refractivity (Wildman–Crippen MR) is 84.0 cm³/mol. The number of rotatable bonds is 5. The fourth-order valence-electron chi connectivity index (χ4n) is 2.97. The van der Waals surface area contributed by atoms with Crippen LogP contribution in [-0.2, 0) is 17.6 Å². The number of nitrogens with zero attached hydrogens (tertiary/aromatic N) is 1. The van der Waals surface area contributed by atoms with E-state index in [0.717, 1.165) is 31.4 Å². The molecule has 0 fully saturated rings. The van der Waals surface area contributed by atoms with Crippen molar-refractivity contribution in [2.45, 2.75) is 65.0 Å². The Morgan fingerprint density at radius 3 is 2.85 bits per heavy atom. The van der Waals surface area contributed by atoms with E-state index >= 15 is 0 Å². The molecule has 0 spiro atoms. The summed E-state index contributed by atoms with van der Waals surface area (Å²) in [5.74, 6) is 0.247. The van der Waals surface area contributed by atoms with E-state index < -0.39 is 0 Å². The van der Waals surface area contributed by atoms with Crippen molar-refractivity contribution in [3.05, 3.63) is 29.3 Å². The Labute approximate surface area is 122 Å². The maximum atomic E-state index is 12.2. The van der Waals surface area contributed by atoms with Crippen molar-refractivity contribution in [2.24, 2.45) is 5.73 Å². The third-order valence-corrected chi connectivity index (χ3v) is 4.11. The van der Waals surface area contributed by atoms with Crippen LogP contribution in [0.25, 0.3) is 0 Å². The third-order valence-electron chi connectivity index (χ3n) is 4.11. The molecule has 110 valence electrons. The van der Waals surface area contributed by atoms with Crippen LogP contribution in [0.4, 0.5) is 5.69 Å². The minimum absolute atomic E-state index is 0.227.